The highest BCUT2D eigenvalue weighted by Crippen LogP contribution is 2.27. The van der Waals surface area contributed by atoms with E-state index in [1.165, 1.54) is 19.6 Å². The second-order valence-electron chi connectivity index (χ2n) is 6.92. The van der Waals surface area contributed by atoms with Crippen LogP contribution in [0.5, 0.6) is 5.75 Å². The third-order valence-corrected chi connectivity index (χ3v) is 5.88. The minimum atomic E-state index is -3.52. The quantitative estimate of drug-likeness (QED) is 0.472. The Morgan fingerprint density at radius 1 is 0.966 bits per heavy atom. The van der Waals surface area contributed by atoms with E-state index in [9.17, 15) is 13.2 Å². The zero-order chi connectivity index (χ0) is 21.1. The van der Waals surface area contributed by atoms with Crippen LogP contribution in [0, 0.1) is 0 Å². The number of amides is 1. The van der Waals surface area contributed by atoms with Gasteiger partial charge in [-0.3, -0.25) is 9.52 Å². The summed E-state index contributed by atoms with van der Waals surface area (Å²) in [5.41, 5.74) is 1.27. The van der Waals surface area contributed by atoms with E-state index in [0.29, 0.717) is 23.4 Å². The minimum Gasteiger partial charge on any atom is -0.495 e. The fourth-order valence-electron chi connectivity index (χ4n) is 2.94. The zero-order valence-electron chi connectivity index (χ0n) is 17.1. The average molecular weight is 419 g/mol. The number of methoxy groups -OCH3 is 1. The molecule has 0 aliphatic heterocycles. The lowest BCUT2D eigenvalue weighted by atomic mass is 10.1. The number of rotatable bonds is 12. The smallest absolute Gasteiger partial charge is 0.255 e. The molecule has 0 radical (unpaired) electrons. The predicted octanol–water partition coefficient (Wildman–Crippen LogP) is 5.05. The van der Waals surface area contributed by atoms with Gasteiger partial charge in [0, 0.05) is 11.3 Å². The molecule has 0 aliphatic carbocycles. The highest BCUT2D eigenvalue weighted by molar-refractivity contribution is 7.92. The molecule has 29 heavy (non-hydrogen) atoms. The van der Waals surface area contributed by atoms with E-state index in [1.54, 1.807) is 24.3 Å². The van der Waals surface area contributed by atoms with E-state index in [4.69, 9.17) is 4.74 Å². The standard InChI is InChI=1S/C22H30N2O4S/c1-3-4-5-6-7-11-16-29(26,27)24-20-17-18(14-15-21(20)28-2)22(25)23-19-12-9-8-10-13-19/h8-10,12-15,17,24H,3-7,11,16H2,1-2H3,(H,23,25). The number of sulfonamides is 1. The molecule has 0 atom stereocenters. The summed E-state index contributed by atoms with van der Waals surface area (Å²) in [4.78, 5) is 12.5. The van der Waals surface area contributed by atoms with Gasteiger partial charge in [0.1, 0.15) is 5.75 Å². The van der Waals surface area contributed by atoms with Crippen LogP contribution < -0.4 is 14.8 Å². The molecule has 6 nitrogen and oxygen atoms in total. The summed E-state index contributed by atoms with van der Waals surface area (Å²) in [5.74, 6) is 0.0888. The number of carbonyl (C=O) groups is 1. The van der Waals surface area contributed by atoms with E-state index in [1.807, 2.05) is 18.2 Å². The van der Waals surface area contributed by atoms with Crippen molar-refractivity contribution in [3.8, 4) is 5.75 Å². The van der Waals surface area contributed by atoms with Gasteiger partial charge in [-0.2, -0.15) is 0 Å². The molecule has 0 aliphatic rings. The maximum absolute atomic E-state index is 12.5. The maximum Gasteiger partial charge on any atom is 0.255 e. The second-order valence-corrected chi connectivity index (χ2v) is 8.77. The Kier molecular flexibility index (Phi) is 8.99. The first kappa shape index (κ1) is 22.7. The Morgan fingerprint density at radius 2 is 1.66 bits per heavy atom. The number of nitrogens with one attached hydrogen (secondary N) is 2. The van der Waals surface area contributed by atoms with Crippen LogP contribution in [0.3, 0.4) is 0 Å². The van der Waals surface area contributed by atoms with Gasteiger partial charge in [0.05, 0.1) is 18.6 Å². The highest BCUT2D eigenvalue weighted by Gasteiger charge is 2.16. The first-order chi connectivity index (χ1) is 13.9. The van der Waals surface area contributed by atoms with Crippen molar-refractivity contribution in [3.63, 3.8) is 0 Å². The summed E-state index contributed by atoms with van der Waals surface area (Å²) in [7, 11) is -2.06. The monoisotopic (exact) mass is 418 g/mol. The van der Waals surface area contributed by atoms with E-state index >= 15 is 0 Å². The largest absolute Gasteiger partial charge is 0.495 e. The van der Waals surface area contributed by atoms with Gasteiger partial charge in [-0.05, 0) is 36.8 Å². The zero-order valence-corrected chi connectivity index (χ0v) is 17.9. The molecule has 2 aromatic rings. The number of para-hydroxylation sites is 1. The molecule has 0 heterocycles. The molecule has 0 fully saturated rings. The number of anilines is 2. The fraction of sp³-hybridized carbons (Fsp3) is 0.409. The molecule has 0 spiro atoms. The SMILES string of the molecule is CCCCCCCCS(=O)(=O)Nc1cc(C(=O)Nc2ccccc2)ccc1OC. The van der Waals surface area contributed by atoms with Crippen molar-refractivity contribution in [1.29, 1.82) is 0 Å². The van der Waals surface area contributed by atoms with Gasteiger partial charge in [0.15, 0.2) is 0 Å². The summed E-state index contributed by atoms with van der Waals surface area (Å²) < 4.78 is 32.7. The van der Waals surface area contributed by atoms with Crippen LogP contribution in [0.2, 0.25) is 0 Å². The molecule has 0 saturated heterocycles. The minimum absolute atomic E-state index is 0.0444. The predicted molar refractivity (Wildman–Crippen MR) is 118 cm³/mol. The first-order valence-electron chi connectivity index (χ1n) is 10.00. The third kappa shape index (κ3) is 7.77. The van der Waals surface area contributed by atoms with Crippen molar-refractivity contribution in [3.05, 3.63) is 54.1 Å². The molecule has 0 saturated carbocycles. The van der Waals surface area contributed by atoms with Gasteiger partial charge in [0.25, 0.3) is 5.91 Å². The lowest BCUT2D eigenvalue weighted by Crippen LogP contribution is -2.18. The fourth-order valence-corrected chi connectivity index (χ4v) is 4.13. The summed E-state index contributed by atoms with van der Waals surface area (Å²) in [6.45, 7) is 2.15. The van der Waals surface area contributed by atoms with Crippen molar-refractivity contribution < 1.29 is 17.9 Å². The Morgan fingerprint density at radius 3 is 2.34 bits per heavy atom. The Hall–Kier alpha value is -2.54. The number of hydrogen-bond acceptors (Lipinski definition) is 4. The average Bonchev–Trinajstić information content (AvgIpc) is 2.71. The maximum atomic E-state index is 12.5. The van der Waals surface area contributed by atoms with E-state index in [2.05, 4.69) is 17.0 Å². The van der Waals surface area contributed by atoms with E-state index in [0.717, 1.165) is 25.7 Å². The van der Waals surface area contributed by atoms with Crippen molar-refractivity contribution in [1.82, 2.24) is 0 Å². The van der Waals surface area contributed by atoms with Crippen molar-refractivity contribution in [2.45, 2.75) is 45.4 Å². The molecule has 2 N–H and O–H groups in total. The Labute approximate surface area is 173 Å². The summed E-state index contributed by atoms with van der Waals surface area (Å²) in [6.07, 6.45) is 6.01. The van der Waals surface area contributed by atoms with Gasteiger partial charge in [-0.1, -0.05) is 57.2 Å². The van der Waals surface area contributed by atoms with Crippen LogP contribution in [-0.4, -0.2) is 27.2 Å². The van der Waals surface area contributed by atoms with Gasteiger partial charge < -0.3 is 10.1 Å². The number of unbranched alkanes of at least 4 members (excludes halogenated alkanes) is 5. The first-order valence-corrected chi connectivity index (χ1v) is 11.7. The van der Waals surface area contributed by atoms with Gasteiger partial charge >= 0.3 is 0 Å². The second kappa shape index (κ2) is 11.5. The number of carbonyl (C=O) groups excluding carboxylic acids is 1. The molecule has 2 aromatic carbocycles. The summed E-state index contributed by atoms with van der Waals surface area (Å²) >= 11 is 0. The number of hydrogen-bond donors (Lipinski definition) is 2. The molecule has 0 aromatic heterocycles. The van der Waals surface area contributed by atoms with Gasteiger partial charge in [-0.25, -0.2) is 8.42 Å². The van der Waals surface area contributed by atoms with Crippen LogP contribution in [0.15, 0.2) is 48.5 Å². The Bertz CT molecular complexity index is 883. The molecular formula is C22H30N2O4S. The molecule has 1 amide bonds. The van der Waals surface area contributed by atoms with Crippen LogP contribution in [0.4, 0.5) is 11.4 Å². The molecular weight excluding hydrogens is 388 g/mol. The van der Waals surface area contributed by atoms with Crippen molar-refractivity contribution in [2.24, 2.45) is 0 Å². The molecule has 2 rings (SSSR count). The van der Waals surface area contributed by atoms with Crippen LogP contribution >= 0.6 is 0 Å². The van der Waals surface area contributed by atoms with Gasteiger partial charge in [0.2, 0.25) is 10.0 Å². The third-order valence-electron chi connectivity index (χ3n) is 4.53. The molecule has 0 bridgehead atoms. The summed E-state index contributed by atoms with van der Waals surface area (Å²) in [6, 6.07) is 13.8. The van der Waals surface area contributed by atoms with E-state index in [-0.39, 0.29) is 17.3 Å². The van der Waals surface area contributed by atoms with Crippen LogP contribution in [-0.2, 0) is 10.0 Å². The van der Waals surface area contributed by atoms with Gasteiger partial charge in [-0.15, -0.1) is 0 Å². The topological polar surface area (TPSA) is 84.5 Å². The van der Waals surface area contributed by atoms with Crippen LogP contribution in [0.1, 0.15) is 55.8 Å². The molecule has 158 valence electrons. The Balaban J connectivity index is 2.03. The molecule has 7 heteroatoms. The number of ether oxygens (including phenoxy) is 1. The van der Waals surface area contributed by atoms with Crippen molar-refractivity contribution in [2.75, 3.05) is 22.9 Å². The van der Waals surface area contributed by atoms with E-state index < -0.39 is 10.0 Å². The molecule has 0 unspecified atom stereocenters. The van der Waals surface area contributed by atoms with Crippen LogP contribution in [0.25, 0.3) is 0 Å². The van der Waals surface area contributed by atoms with Crippen molar-refractivity contribution >= 4 is 27.3 Å². The summed E-state index contributed by atoms with van der Waals surface area (Å²) in [5, 5.41) is 2.79. The lowest BCUT2D eigenvalue weighted by Gasteiger charge is -2.13. The lowest BCUT2D eigenvalue weighted by molar-refractivity contribution is 0.102. The normalized spacial score (nSPS) is 11.1. The number of benzene rings is 2. The highest BCUT2D eigenvalue weighted by atomic mass is 32.2.